The predicted octanol–water partition coefficient (Wildman–Crippen LogP) is 2.63. The largest absolute Gasteiger partial charge is 0.497 e. The Kier molecular flexibility index (Phi) is 4.20. The van der Waals surface area contributed by atoms with Crippen molar-refractivity contribution in [2.24, 2.45) is 0 Å². The molecule has 4 heterocycles. The summed E-state index contributed by atoms with van der Waals surface area (Å²) in [7, 11) is 1.64. The number of carbonyl (C=O) groups is 1. The van der Waals surface area contributed by atoms with E-state index in [0.717, 1.165) is 22.6 Å². The summed E-state index contributed by atoms with van der Waals surface area (Å²) in [6.07, 6.45) is 3.00. The fraction of sp³-hybridized carbons (Fsp3) is 0.211. The Morgan fingerprint density at radius 2 is 2.03 bits per heavy atom. The van der Waals surface area contributed by atoms with E-state index in [1.54, 1.807) is 29.9 Å². The highest BCUT2D eigenvalue weighted by molar-refractivity contribution is 8.00. The lowest BCUT2D eigenvalue weighted by Gasteiger charge is -2.15. The van der Waals surface area contributed by atoms with Gasteiger partial charge in [0.2, 0.25) is 5.91 Å². The molecule has 0 aliphatic carbocycles. The number of H-pyrrole nitrogens is 1. The van der Waals surface area contributed by atoms with Crippen LogP contribution in [0.2, 0.25) is 0 Å². The van der Waals surface area contributed by atoms with E-state index in [9.17, 15) is 4.79 Å². The van der Waals surface area contributed by atoms with Gasteiger partial charge in [0, 0.05) is 5.56 Å². The van der Waals surface area contributed by atoms with Crippen molar-refractivity contribution in [1.82, 2.24) is 29.7 Å². The number of thioether (sulfide) groups is 1. The number of ether oxygens (including phenoxy) is 1. The highest BCUT2D eigenvalue weighted by Gasteiger charge is 2.31. The van der Waals surface area contributed by atoms with Crippen molar-refractivity contribution in [3.63, 3.8) is 0 Å². The van der Waals surface area contributed by atoms with Crippen LogP contribution in [0, 0.1) is 6.92 Å². The monoisotopic (exact) mass is 407 g/mol. The third kappa shape index (κ3) is 2.92. The minimum atomic E-state index is -0.0803. The topological polar surface area (TPSA) is 111 Å². The number of rotatable bonds is 3. The SMILES string of the molecule is COc1ccc(C2SCC(=O)Nc3c2c(C)nn3-c2ncnc3nc[nH]c23)cc1. The molecule has 0 saturated heterocycles. The van der Waals surface area contributed by atoms with Crippen molar-refractivity contribution < 1.29 is 9.53 Å². The van der Waals surface area contributed by atoms with Crippen LogP contribution in [0.5, 0.6) is 5.75 Å². The number of hydrogen-bond acceptors (Lipinski definition) is 7. The molecule has 0 radical (unpaired) electrons. The summed E-state index contributed by atoms with van der Waals surface area (Å²) in [5.41, 5.74) is 4.05. The van der Waals surface area contributed by atoms with Gasteiger partial charge in [0.25, 0.3) is 0 Å². The number of carbonyl (C=O) groups excluding carboxylic acids is 1. The number of aromatic amines is 1. The number of nitrogens with zero attached hydrogens (tertiary/aromatic N) is 5. The van der Waals surface area contributed by atoms with E-state index in [-0.39, 0.29) is 11.2 Å². The van der Waals surface area contributed by atoms with Gasteiger partial charge in [0.1, 0.15) is 23.4 Å². The van der Waals surface area contributed by atoms with Crippen LogP contribution < -0.4 is 10.1 Å². The average molecular weight is 407 g/mol. The molecule has 1 aliphatic heterocycles. The lowest BCUT2D eigenvalue weighted by molar-refractivity contribution is -0.113. The van der Waals surface area contributed by atoms with Crippen LogP contribution >= 0.6 is 11.8 Å². The van der Waals surface area contributed by atoms with Crippen molar-refractivity contribution in [3.8, 4) is 11.6 Å². The smallest absolute Gasteiger partial charge is 0.235 e. The van der Waals surface area contributed by atoms with Gasteiger partial charge in [-0.15, -0.1) is 11.8 Å². The number of anilines is 1. The number of benzene rings is 1. The lowest BCUT2D eigenvalue weighted by Crippen LogP contribution is -2.16. The van der Waals surface area contributed by atoms with Crippen molar-refractivity contribution >= 4 is 34.7 Å². The molecule has 5 rings (SSSR count). The molecule has 4 aromatic rings. The molecule has 29 heavy (non-hydrogen) atoms. The highest BCUT2D eigenvalue weighted by atomic mass is 32.2. The summed E-state index contributed by atoms with van der Waals surface area (Å²) in [6, 6.07) is 7.89. The Hall–Kier alpha value is -3.40. The molecule has 1 atom stereocenters. The van der Waals surface area contributed by atoms with E-state index in [1.807, 2.05) is 31.2 Å². The van der Waals surface area contributed by atoms with E-state index < -0.39 is 0 Å². The average Bonchev–Trinajstić information content (AvgIpc) is 3.29. The van der Waals surface area contributed by atoms with E-state index in [4.69, 9.17) is 9.84 Å². The minimum Gasteiger partial charge on any atom is -0.497 e. The molecule has 9 nitrogen and oxygen atoms in total. The van der Waals surface area contributed by atoms with Crippen LogP contribution in [-0.2, 0) is 4.79 Å². The summed E-state index contributed by atoms with van der Waals surface area (Å²) in [4.78, 5) is 28.3. The van der Waals surface area contributed by atoms with Gasteiger partial charge in [-0.25, -0.2) is 15.0 Å². The first-order valence-electron chi connectivity index (χ1n) is 8.95. The molecule has 0 bridgehead atoms. The molecule has 146 valence electrons. The fourth-order valence-corrected chi connectivity index (χ4v) is 4.68. The Labute approximate surface area is 169 Å². The molecule has 1 unspecified atom stereocenters. The number of imidazole rings is 1. The normalized spacial score (nSPS) is 16.3. The lowest BCUT2D eigenvalue weighted by atomic mass is 10.0. The van der Waals surface area contributed by atoms with Crippen LogP contribution in [0.1, 0.15) is 22.1 Å². The van der Waals surface area contributed by atoms with Crippen LogP contribution in [0.25, 0.3) is 17.0 Å². The number of aromatic nitrogens is 6. The summed E-state index contributed by atoms with van der Waals surface area (Å²) < 4.78 is 6.93. The molecule has 10 heteroatoms. The second-order valence-corrected chi connectivity index (χ2v) is 7.66. The van der Waals surface area contributed by atoms with Crippen LogP contribution in [0.15, 0.2) is 36.9 Å². The molecule has 2 N–H and O–H groups in total. The summed E-state index contributed by atoms with van der Waals surface area (Å²) in [5.74, 6) is 2.21. The zero-order valence-electron chi connectivity index (χ0n) is 15.7. The number of aryl methyl sites for hydroxylation is 1. The van der Waals surface area contributed by atoms with Crippen molar-refractivity contribution in [3.05, 3.63) is 53.7 Å². The van der Waals surface area contributed by atoms with Crippen molar-refractivity contribution in [1.29, 1.82) is 0 Å². The zero-order valence-corrected chi connectivity index (χ0v) is 16.5. The maximum atomic E-state index is 12.5. The standard InChI is InChI=1S/C19H17N7O2S/c1-10-14-16(11-3-5-12(28-2)6-4-11)29-7-13(27)24-18(14)26(25-10)19-15-17(21-8-20-15)22-9-23-19/h3-6,8-9,16H,7H2,1-2H3,(H,24,27)(H,20,21,22,23). The Bertz CT molecular complexity index is 1220. The van der Waals surface area contributed by atoms with Crippen molar-refractivity contribution in [2.45, 2.75) is 12.2 Å². The van der Waals surface area contributed by atoms with Crippen LogP contribution in [-0.4, -0.2) is 48.5 Å². The molecule has 0 fully saturated rings. The molecule has 1 aliphatic rings. The van der Waals surface area contributed by atoms with E-state index in [0.29, 0.717) is 28.6 Å². The summed E-state index contributed by atoms with van der Waals surface area (Å²) in [6.45, 7) is 1.94. The minimum absolute atomic E-state index is 0.0531. The van der Waals surface area contributed by atoms with Gasteiger partial charge in [-0.2, -0.15) is 9.78 Å². The van der Waals surface area contributed by atoms with Gasteiger partial charge in [0.05, 0.1) is 30.1 Å². The zero-order chi connectivity index (χ0) is 20.0. The van der Waals surface area contributed by atoms with E-state index in [1.165, 1.54) is 6.33 Å². The van der Waals surface area contributed by atoms with Gasteiger partial charge in [0.15, 0.2) is 11.5 Å². The maximum Gasteiger partial charge on any atom is 0.235 e. The van der Waals surface area contributed by atoms with Crippen molar-refractivity contribution in [2.75, 3.05) is 18.2 Å². The van der Waals surface area contributed by atoms with Gasteiger partial charge in [-0.3, -0.25) is 4.79 Å². The maximum absolute atomic E-state index is 12.5. The Morgan fingerprint density at radius 3 is 2.83 bits per heavy atom. The first-order chi connectivity index (χ1) is 14.2. The second-order valence-electron chi connectivity index (χ2n) is 6.57. The number of nitrogens with one attached hydrogen (secondary N) is 2. The second kappa shape index (κ2) is 6.89. The number of amides is 1. The Balaban J connectivity index is 1.70. The number of fused-ring (bicyclic) bond motifs is 2. The van der Waals surface area contributed by atoms with Gasteiger partial charge < -0.3 is 15.0 Å². The molecule has 1 amide bonds. The molecular weight excluding hydrogens is 390 g/mol. The summed E-state index contributed by atoms with van der Waals surface area (Å²) in [5, 5.41) is 7.66. The molecule has 1 aromatic carbocycles. The van der Waals surface area contributed by atoms with Gasteiger partial charge in [-0.05, 0) is 24.6 Å². The molecular formula is C19H17N7O2S. The van der Waals surface area contributed by atoms with E-state index in [2.05, 4.69) is 25.3 Å². The fourth-order valence-electron chi connectivity index (χ4n) is 3.49. The first kappa shape index (κ1) is 17.7. The number of methoxy groups -OCH3 is 1. The van der Waals surface area contributed by atoms with Gasteiger partial charge >= 0.3 is 0 Å². The summed E-state index contributed by atoms with van der Waals surface area (Å²) >= 11 is 1.57. The Morgan fingerprint density at radius 1 is 1.21 bits per heavy atom. The quantitative estimate of drug-likeness (QED) is 0.537. The van der Waals surface area contributed by atoms with Crippen LogP contribution in [0.3, 0.4) is 0 Å². The van der Waals surface area contributed by atoms with E-state index >= 15 is 0 Å². The van der Waals surface area contributed by atoms with Gasteiger partial charge in [-0.1, -0.05) is 12.1 Å². The third-order valence-corrected chi connectivity index (χ3v) is 6.10. The highest BCUT2D eigenvalue weighted by Crippen LogP contribution is 2.44. The number of hydrogen-bond donors (Lipinski definition) is 2. The predicted molar refractivity (Wildman–Crippen MR) is 109 cm³/mol. The molecule has 0 spiro atoms. The first-order valence-corrected chi connectivity index (χ1v) is 10.00. The van der Waals surface area contributed by atoms with Crippen LogP contribution in [0.4, 0.5) is 5.82 Å². The molecule has 0 saturated carbocycles. The molecule has 3 aromatic heterocycles. The third-order valence-electron chi connectivity index (χ3n) is 4.83.